The number of hydrogen-bond donors (Lipinski definition) is 0. The monoisotopic (exact) mass is 210 g/mol. The molecule has 0 fully saturated rings. The SMILES string of the molecule is CC(C=O)N=CCCCC=NC(C)C=O. The van der Waals surface area contributed by atoms with Gasteiger partial charge in [-0.15, -0.1) is 0 Å². The molecule has 0 heterocycles. The molecule has 0 aromatic rings. The van der Waals surface area contributed by atoms with Gasteiger partial charge < -0.3 is 9.59 Å². The van der Waals surface area contributed by atoms with E-state index in [1.54, 1.807) is 26.3 Å². The molecular weight excluding hydrogens is 192 g/mol. The molecule has 0 rings (SSSR count). The Bertz CT molecular complexity index is 213. The van der Waals surface area contributed by atoms with E-state index < -0.39 is 0 Å². The van der Waals surface area contributed by atoms with Gasteiger partial charge >= 0.3 is 0 Å². The summed E-state index contributed by atoms with van der Waals surface area (Å²) in [4.78, 5) is 28.4. The molecule has 0 amide bonds. The first-order valence-corrected chi connectivity index (χ1v) is 5.14. The second kappa shape index (κ2) is 9.24. The molecule has 4 heteroatoms. The van der Waals surface area contributed by atoms with Crippen molar-refractivity contribution in [1.29, 1.82) is 0 Å². The van der Waals surface area contributed by atoms with Gasteiger partial charge in [-0.3, -0.25) is 9.98 Å². The van der Waals surface area contributed by atoms with E-state index in [4.69, 9.17) is 0 Å². The van der Waals surface area contributed by atoms with Gasteiger partial charge in [-0.25, -0.2) is 0 Å². The van der Waals surface area contributed by atoms with E-state index in [1.165, 1.54) is 0 Å². The maximum absolute atomic E-state index is 10.2. The smallest absolute Gasteiger partial charge is 0.144 e. The van der Waals surface area contributed by atoms with Gasteiger partial charge in [0.05, 0.1) is 0 Å². The largest absolute Gasteiger partial charge is 0.301 e. The molecular formula is C11H18N2O2. The van der Waals surface area contributed by atoms with Crippen molar-refractivity contribution in [1.82, 2.24) is 0 Å². The van der Waals surface area contributed by atoms with Crippen LogP contribution in [0, 0.1) is 0 Å². The Balaban J connectivity index is 3.47. The molecule has 15 heavy (non-hydrogen) atoms. The van der Waals surface area contributed by atoms with Crippen LogP contribution in [-0.4, -0.2) is 37.1 Å². The number of carbonyl (C=O) groups excluding carboxylic acids is 2. The second-order valence-electron chi connectivity index (χ2n) is 3.35. The molecule has 0 saturated heterocycles. The third-order valence-electron chi connectivity index (χ3n) is 1.74. The molecule has 2 unspecified atom stereocenters. The fraction of sp³-hybridized carbons (Fsp3) is 0.636. The summed E-state index contributed by atoms with van der Waals surface area (Å²) in [5, 5.41) is 0. The Labute approximate surface area is 90.5 Å². The van der Waals surface area contributed by atoms with Crippen molar-refractivity contribution in [3.05, 3.63) is 0 Å². The van der Waals surface area contributed by atoms with E-state index >= 15 is 0 Å². The van der Waals surface area contributed by atoms with Crippen LogP contribution in [0.25, 0.3) is 0 Å². The minimum atomic E-state index is -0.242. The van der Waals surface area contributed by atoms with Crippen LogP contribution in [0.4, 0.5) is 0 Å². The molecule has 0 spiro atoms. The zero-order chi connectivity index (χ0) is 11.5. The zero-order valence-corrected chi connectivity index (χ0v) is 9.30. The lowest BCUT2D eigenvalue weighted by molar-refractivity contribution is -0.109. The summed E-state index contributed by atoms with van der Waals surface area (Å²) >= 11 is 0. The highest BCUT2D eigenvalue weighted by molar-refractivity contribution is 5.66. The molecule has 0 aliphatic heterocycles. The standard InChI is InChI=1S/C11H18N2O2/c1-10(8-14)12-6-4-3-5-7-13-11(2)9-15/h6-11H,3-5H2,1-2H3. The maximum atomic E-state index is 10.2. The van der Waals surface area contributed by atoms with Crippen LogP contribution < -0.4 is 0 Å². The minimum absolute atomic E-state index is 0.242. The quantitative estimate of drug-likeness (QED) is 0.346. The number of hydrogen-bond acceptors (Lipinski definition) is 4. The summed E-state index contributed by atoms with van der Waals surface area (Å²) in [5.74, 6) is 0. The Morgan fingerprint density at radius 2 is 1.33 bits per heavy atom. The predicted octanol–water partition coefficient (Wildman–Crippen LogP) is 1.47. The lowest BCUT2D eigenvalue weighted by Crippen LogP contribution is -1.99. The van der Waals surface area contributed by atoms with Crippen LogP contribution in [0.15, 0.2) is 9.98 Å². The van der Waals surface area contributed by atoms with Crippen LogP contribution in [0.2, 0.25) is 0 Å². The van der Waals surface area contributed by atoms with Crippen LogP contribution in [0.3, 0.4) is 0 Å². The fourth-order valence-electron chi connectivity index (χ4n) is 0.852. The summed E-state index contributed by atoms with van der Waals surface area (Å²) < 4.78 is 0. The first-order valence-electron chi connectivity index (χ1n) is 5.14. The van der Waals surface area contributed by atoms with Gasteiger partial charge in [0.1, 0.15) is 24.7 Å². The lowest BCUT2D eigenvalue weighted by atomic mass is 10.2. The van der Waals surface area contributed by atoms with E-state index in [1.807, 2.05) is 0 Å². The summed E-state index contributed by atoms with van der Waals surface area (Å²) in [6.07, 6.45) is 7.74. The fourth-order valence-corrected chi connectivity index (χ4v) is 0.852. The molecule has 0 bridgehead atoms. The van der Waals surface area contributed by atoms with Crippen molar-refractivity contribution in [2.45, 2.75) is 45.2 Å². The summed E-state index contributed by atoms with van der Waals surface area (Å²) in [6.45, 7) is 3.49. The Hall–Kier alpha value is -1.32. The van der Waals surface area contributed by atoms with Gasteiger partial charge in [0.2, 0.25) is 0 Å². The van der Waals surface area contributed by atoms with Gasteiger partial charge in [0, 0.05) is 0 Å². The van der Waals surface area contributed by atoms with Gasteiger partial charge in [0.15, 0.2) is 0 Å². The second-order valence-corrected chi connectivity index (χ2v) is 3.35. The summed E-state index contributed by atoms with van der Waals surface area (Å²) in [5.41, 5.74) is 0. The van der Waals surface area contributed by atoms with E-state index in [0.29, 0.717) is 0 Å². The first kappa shape index (κ1) is 13.7. The lowest BCUT2D eigenvalue weighted by Gasteiger charge is -1.94. The Morgan fingerprint density at radius 3 is 1.67 bits per heavy atom. The van der Waals surface area contributed by atoms with E-state index in [2.05, 4.69) is 9.98 Å². The highest BCUT2D eigenvalue weighted by Crippen LogP contribution is 1.93. The van der Waals surface area contributed by atoms with Crippen molar-refractivity contribution in [2.75, 3.05) is 0 Å². The molecule has 0 aromatic carbocycles. The van der Waals surface area contributed by atoms with E-state index in [0.717, 1.165) is 31.8 Å². The number of aldehydes is 2. The van der Waals surface area contributed by atoms with Gasteiger partial charge in [-0.1, -0.05) is 0 Å². The molecule has 0 aliphatic rings. The molecule has 0 radical (unpaired) electrons. The van der Waals surface area contributed by atoms with Crippen molar-refractivity contribution in [2.24, 2.45) is 9.98 Å². The molecule has 0 saturated carbocycles. The number of unbranched alkanes of at least 4 members (excludes halogenated alkanes) is 2. The average molecular weight is 210 g/mol. The van der Waals surface area contributed by atoms with Gasteiger partial charge in [-0.2, -0.15) is 0 Å². The summed E-state index contributed by atoms with van der Waals surface area (Å²) in [6, 6.07) is -0.484. The third kappa shape index (κ3) is 9.00. The van der Waals surface area contributed by atoms with E-state index in [9.17, 15) is 9.59 Å². The highest BCUT2D eigenvalue weighted by atomic mass is 16.1. The number of aliphatic imine (C=N–C) groups is 2. The van der Waals surface area contributed by atoms with Crippen LogP contribution in [0.1, 0.15) is 33.1 Å². The number of carbonyl (C=O) groups is 2. The van der Waals surface area contributed by atoms with Crippen molar-refractivity contribution in [3.8, 4) is 0 Å². The Morgan fingerprint density at radius 1 is 0.933 bits per heavy atom. The average Bonchev–Trinajstić information content (AvgIpc) is 2.26. The topological polar surface area (TPSA) is 58.9 Å². The third-order valence-corrected chi connectivity index (χ3v) is 1.74. The maximum Gasteiger partial charge on any atom is 0.144 e. The predicted molar refractivity (Wildman–Crippen MR) is 61.9 cm³/mol. The summed E-state index contributed by atoms with van der Waals surface area (Å²) in [7, 11) is 0. The van der Waals surface area contributed by atoms with Crippen LogP contribution in [0.5, 0.6) is 0 Å². The molecule has 0 N–H and O–H groups in total. The minimum Gasteiger partial charge on any atom is -0.301 e. The van der Waals surface area contributed by atoms with E-state index in [-0.39, 0.29) is 12.1 Å². The van der Waals surface area contributed by atoms with Crippen molar-refractivity contribution in [3.63, 3.8) is 0 Å². The highest BCUT2D eigenvalue weighted by Gasteiger charge is 1.92. The van der Waals surface area contributed by atoms with Gasteiger partial charge in [0.25, 0.3) is 0 Å². The van der Waals surface area contributed by atoms with Crippen LogP contribution >= 0.6 is 0 Å². The Kier molecular flexibility index (Phi) is 8.43. The molecule has 2 atom stereocenters. The molecule has 84 valence electrons. The zero-order valence-electron chi connectivity index (χ0n) is 9.30. The van der Waals surface area contributed by atoms with Crippen LogP contribution in [-0.2, 0) is 9.59 Å². The number of rotatable bonds is 8. The first-order chi connectivity index (χ1) is 7.20. The molecule has 0 aromatic heterocycles. The van der Waals surface area contributed by atoms with Crippen molar-refractivity contribution < 1.29 is 9.59 Å². The number of nitrogens with zero attached hydrogens (tertiary/aromatic N) is 2. The van der Waals surface area contributed by atoms with Gasteiger partial charge in [-0.05, 0) is 45.5 Å². The molecule has 0 aliphatic carbocycles. The normalized spacial score (nSPS) is 15.6. The molecule has 4 nitrogen and oxygen atoms in total. The van der Waals surface area contributed by atoms with Crippen molar-refractivity contribution >= 4 is 25.0 Å².